The summed E-state index contributed by atoms with van der Waals surface area (Å²) in [4.78, 5) is 36.6. The first-order valence-corrected chi connectivity index (χ1v) is 13.6. The number of likely N-dealkylation sites (N-methyl/N-ethyl adjacent to an activating group) is 1. The number of hydrogen-bond acceptors (Lipinski definition) is 10. The fourth-order valence-electron chi connectivity index (χ4n) is 4.88. The Labute approximate surface area is 230 Å². The summed E-state index contributed by atoms with van der Waals surface area (Å²) in [5.74, 6) is 1.90. The number of rotatable bonds is 7. The smallest absolute Gasteiger partial charge is 0.338 e. The minimum Gasteiger partial charge on any atom is -0.497 e. The molecule has 0 bridgehead atoms. The monoisotopic (exact) mass is 552 g/mol. The third kappa shape index (κ3) is 5.11. The van der Waals surface area contributed by atoms with Gasteiger partial charge in [0.25, 0.3) is 5.56 Å². The molecule has 1 atom stereocenters. The summed E-state index contributed by atoms with van der Waals surface area (Å²) in [5, 5.41) is 0. The normalized spacial score (nSPS) is 18.1. The molecule has 0 amide bonds. The van der Waals surface area contributed by atoms with E-state index >= 15 is 0 Å². The second-order valence-corrected chi connectivity index (χ2v) is 10.4. The quantitative estimate of drug-likeness (QED) is 0.412. The molecule has 11 heteroatoms. The van der Waals surface area contributed by atoms with E-state index < -0.39 is 12.0 Å². The molecule has 2 aromatic heterocycles. The van der Waals surface area contributed by atoms with Crippen molar-refractivity contribution in [3.8, 4) is 11.5 Å². The van der Waals surface area contributed by atoms with E-state index in [1.807, 2.05) is 12.1 Å². The Morgan fingerprint density at radius 2 is 1.92 bits per heavy atom. The topological polar surface area (TPSA) is 98.7 Å². The van der Waals surface area contributed by atoms with Crippen LogP contribution >= 0.6 is 11.3 Å². The van der Waals surface area contributed by atoms with Crippen molar-refractivity contribution in [2.24, 2.45) is 4.99 Å². The van der Waals surface area contributed by atoms with E-state index in [4.69, 9.17) is 18.6 Å². The van der Waals surface area contributed by atoms with Crippen molar-refractivity contribution in [1.29, 1.82) is 0 Å². The number of aromatic nitrogens is 1. The Kier molecular flexibility index (Phi) is 7.62. The van der Waals surface area contributed by atoms with Crippen LogP contribution in [0, 0.1) is 0 Å². The molecule has 0 radical (unpaired) electrons. The largest absolute Gasteiger partial charge is 0.497 e. The molecule has 1 aromatic carbocycles. The lowest BCUT2D eigenvalue weighted by molar-refractivity contribution is -0.139. The summed E-state index contributed by atoms with van der Waals surface area (Å²) in [6, 6.07) is 8.31. The zero-order valence-electron chi connectivity index (χ0n) is 22.7. The van der Waals surface area contributed by atoms with Gasteiger partial charge in [-0.25, -0.2) is 9.79 Å². The molecule has 0 aliphatic carbocycles. The van der Waals surface area contributed by atoms with E-state index in [0.717, 1.165) is 32.1 Å². The number of methoxy groups -OCH3 is 2. The van der Waals surface area contributed by atoms with Crippen molar-refractivity contribution in [2.45, 2.75) is 19.9 Å². The highest BCUT2D eigenvalue weighted by atomic mass is 32.1. The van der Waals surface area contributed by atoms with Crippen LogP contribution in [0.3, 0.4) is 0 Å². The molecule has 0 N–H and O–H groups in total. The van der Waals surface area contributed by atoms with Gasteiger partial charge in [0.15, 0.2) is 10.7 Å². The lowest BCUT2D eigenvalue weighted by Gasteiger charge is -2.32. The zero-order chi connectivity index (χ0) is 27.7. The summed E-state index contributed by atoms with van der Waals surface area (Å²) in [6.07, 6.45) is 1.73. The maximum Gasteiger partial charge on any atom is 0.338 e. The second kappa shape index (κ2) is 11.1. The highest BCUT2D eigenvalue weighted by Crippen LogP contribution is 2.37. The minimum absolute atomic E-state index is 0.195. The molecular weight excluding hydrogens is 520 g/mol. The van der Waals surface area contributed by atoms with Gasteiger partial charge in [-0.1, -0.05) is 11.3 Å². The number of carbonyl (C=O) groups is 1. The van der Waals surface area contributed by atoms with E-state index in [0.29, 0.717) is 37.9 Å². The van der Waals surface area contributed by atoms with Gasteiger partial charge >= 0.3 is 5.97 Å². The fraction of sp³-hybridized carbons (Fsp3) is 0.393. The van der Waals surface area contributed by atoms with E-state index in [2.05, 4.69) is 21.8 Å². The zero-order valence-corrected chi connectivity index (χ0v) is 23.5. The van der Waals surface area contributed by atoms with Gasteiger partial charge in [0.1, 0.15) is 23.3 Å². The van der Waals surface area contributed by atoms with Crippen molar-refractivity contribution in [3.05, 3.63) is 72.6 Å². The van der Waals surface area contributed by atoms with E-state index in [1.54, 1.807) is 45.2 Å². The van der Waals surface area contributed by atoms with Gasteiger partial charge in [-0.2, -0.15) is 0 Å². The van der Waals surface area contributed by atoms with Crippen molar-refractivity contribution < 1.29 is 23.4 Å². The predicted molar refractivity (Wildman–Crippen MR) is 148 cm³/mol. The standard InChI is InChI=1S/C28H32N4O6S/c1-6-37-27(34)24-17(2)29-28-32(25(24)20-9-7-18(35-4)15-21(20)36-5)26(33)22(39-28)16-19-8-10-23(38-19)31-13-11-30(3)12-14-31/h7-10,15-16,25H,6,11-14H2,1-5H3/b22-16+/t25-/m0/s1. The number of carbonyl (C=O) groups excluding carboxylic acids is 1. The first kappa shape index (κ1) is 26.8. The number of fused-ring (bicyclic) bond motifs is 1. The van der Waals surface area contributed by atoms with Gasteiger partial charge in [0.05, 0.1) is 36.6 Å². The number of ether oxygens (including phenoxy) is 3. The van der Waals surface area contributed by atoms with Gasteiger partial charge < -0.3 is 28.4 Å². The number of furan rings is 1. The van der Waals surface area contributed by atoms with Crippen LogP contribution in [0.1, 0.15) is 31.2 Å². The maximum atomic E-state index is 13.9. The Morgan fingerprint density at radius 3 is 2.62 bits per heavy atom. The highest BCUT2D eigenvalue weighted by molar-refractivity contribution is 7.07. The lowest BCUT2D eigenvalue weighted by Crippen LogP contribution is -2.44. The maximum absolute atomic E-state index is 13.9. The number of piperazine rings is 1. The van der Waals surface area contributed by atoms with Crippen molar-refractivity contribution in [2.75, 3.05) is 59.0 Å². The van der Waals surface area contributed by atoms with Crippen LogP contribution in [0.2, 0.25) is 0 Å². The molecule has 4 heterocycles. The van der Waals surface area contributed by atoms with Crippen LogP contribution in [-0.2, 0) is 9.53 Å². The van der Waals surface area contributed by atoms with E-state index in [1.165, 1.54) is 23.0 Å². The molecule has 2 aliphatic heterocycles. The Morgan fingerprint density at radius 1 is 1.15 bits per heavy atom. The van der Waals surface area contributed by atoms with Crippen LogP contribution < -0.4 is 29.3 Å². The van der Waals surface area contributed by atoms with E-state index in [9.17, 15) is 9.59 Å². The number of anilines is 1. The van der Waals surface area contributed by atoms with Crippen molar-refractivity contribution in [3.63, 3.8) is 0 Å². The Balaban J connectivity index is 1.62. The summed E-state index contributed by atoms with van der Waals surface area (Å²) >= 11 is 1.25. The first-order valence-electron chi connectivity index (χ1n) is 12.8. The van der Waals surface area contributed by atoms with E-state index in [-0.39, 0.29) is 17.7 Å². The molecule has 1 saturated heterocycles. The molecule has 0 saturated carbocycles. The third-order valence-corrected chi connectivity index (χ3v) is 7.94. The third-order valence-electron chi connectivity index (χ3n) is 6.95. The average Bonchev–Trinajstić information content (AvgIpc) is 3.52. The molecule has 39 heavy (non-hydrogen) atoms. The predicted octanol–water partition coefficient (Wildman–Crippen LogP) is 2.16. The first-order chi connectivity index (χ1) is 18.8. The molecular formula is C28H32N4O6S. The minimum atomic E-state index is -0.791. The molecule has 206 valence electrons. The highest BCUT2D eigenvalue weighted by Gasteiger charge is 2.35. The number of nitrogens with zero attached hydrogens (tertiary/aromatic N) is 4. The summed E-state index contributed by atoms with van der Waals surface area (Å²) < 4.78 is 24.5. The molecule has 5 rings (SSSR count). The fourth-order valence-corrected chi connectivity index (χ4v) is 5.90. The van der Waals surface area contributed by atoms with Gasteiger partial charge in [0.2, 0.25) is 0 Å². The molecule has 3 aromatic rings. The van der Waals surface area contributed by atoms with Crippen LogP contribution in [0.15, 0.2) is 55.8 Å². The molecule has 0 spiro atoms. The number of esters is 1. The average molecular weight is 553 g/mol. The van der Waals surface area contributed by atoms with Crippen LogP contribution in [-0.4, -0.2) is 69.5 Å². The summed E-state index contributed by atoms with van der Waals surface area (Å²) in [6.45, 7) is 7.38. The van der Waals surface area contributed by atoms with Crippen LogP contribution in [0.5, 0.6) is 11.5 Å². The number of benzene rings is 1. The van der Waals surface area contributed by atoms with Gasteiger partial charge in [-0.15, -0.1) is 0 Å². The molecule has 0 unspecified atom stereocenters. The number of thiazole rings is 1. The van der Waals surface area contributed by atoms with Crippen molar-refractivity contribution >= 4 is 29.3 Å². The second-order valence-electron chi connectivity index (χ2n) is 9.38. The van der Waals surface area contributed by atoms with Crippen LogP contribution in [0.4, 0.5) is 5.88 Å². The molecule has 1 fully saturated rings. The number of allylic oxidation sites excluding steroid dienone is 1. The summed E-state index contributed by atoms with van der Waals surface area (Å²) in [7, 11) is 5.21. The van der Waals surface area contributed by atoms with Crippen molar-refractivity contribution in [1.82, 2.24) is 9.47 Å². The Hall–Kier alpha value is -3.83. The van der Waals surface area contributed by atoms with Gasteiger partial charge in [0, 0.05) is 50.0 Å². The van der Waals surface area contributed by atoms with Gasteiger partial charge in [-0.3, -0.25) is 9.36 Å². The summed E-state index contributed by atoms with van der Waals surface area (Å²) in [5.41, 5.74) is 1.11. The van der Waals surface area contributed by atoms with Crippen LogP contribution in [0.25, 0.3) is 6.08 Å². The number of hydrogen-bond donors (Lipinski definition) is 0. The Bertz CT molecular complexity index is 1590. The molecule has 10 nitrogen and oxygen atoms in total. The lowest BCUT2D eigenvalue weighted by atomic mass is 9.95. The van der Waals surface area contributed by atoms with Gasteiger partial charge in [-0.05, 0) is 39.1 Å². The molecule has 2 aliphatic rings. The SMILES string of the molecule is CCOC(=O)C1=C(C)N=c2s/c(=C/c3ccc(N4CCN(C)CC4)o3)c(=O)n2[C@H]1c1ccc(OC)cc1OC.